The summed E-state index contributed by atoms with van der Waals surface area (Å²) >= 11 is 6.75. The van der Waals surface area contributed by atoms with Crippen LogP contribution in [0, 0.1) is 0 Å². The van der Waals surface area contributed by atoms with Gasteiger partial charge in [0.15, 0.2) is 0 Å². The fraction of sp³-hybridized carbons (Fsp3) is 0.143. The van der Waals surface area contributed by atoms with Gasteiger partial charge < -0.3 is 0 Å². The maximum atomic E-state index is 12.5. The molecule has 2 nitrogen and oxygen atoms in total. The standard InChI is InChI=1S/C21H19NOS2/c23-20-19(15-7-13-17-9-3-1-4-10-17)25-21(24)22(20)16-8-14-18-11-5-2-6-12-18/h1-7,9-13,15H,8,14,16H2/b13-7+,19-15+. The Balaban J connectivity index is 1.56. The minimum absolute atomic E-state index is 0.0146. The average molecular weight is 366 g/mol. The lowest BCUT2D eigenvalue weighted by Gasteiger charge is -2.14. The molecule has 4 heteroatoms. The number of rotatable bonds is 6. The summed E-state index contributed by atoms with van der Waals surface area (Å²) in [6.45, 7) is 0.666. The van der Waals surface area contributed by atoms with Crippen LogP contribution in [0.25, 0.3) is 6.08 Å². The zero-order valence-electron chi connectivity index (χ0n) is 13.8. The molecule has 2 aromatic carbocycles. The number of amides is 1. The van der Waals surface area contributed by atoms with E-state index in [9.17, 15) is 4.79 Å². The molecule has 1 saturated heterocycles. The van der Waals surface area contributed by atoms with Gasteiger partial charge in [-0.25, -0.2) is 0 Å². The number of nitrogens with zero attached hydrogens (tertiary/aromatic N) is 1. The van der Waals surface area contributed by atoms with E-state index in [-0.39, 0.29) is 5.91 Å². The molecule has 0 spiro atoms. The van der Waals surface area contributed by atoms with E-state index in [1.165, 1.54) is 17.3 Å². The van der Waals surface area contributed by atoms with Gasteiger partial charge in [-0.1, -0.05) is 96.8 Å². The van der Waals surface area contributed by atoms with Crippen molar-refractivity contribution in [3.63, 3.8) is 0 Å². The molecule has 0 aromatic heterocycles. The van der Waals surface area contributed by atoms with Gasteiger partial charge in [-0.05, 0) is 30.0 Å². The molecule has 1 aliphatic rings. The van der Waals surface area contributed by atoms with Crippen LogP contribution in [-0.2, 0) is 11.2 Å². The van der Waals surface area contributed by atoms with Crippen molar-refractivity contribution in [1.82, 2.24) is 4.90 Å². The maximum Gasteiger partial charge on any atom is 0.266 e. The molecule has 3 rings (SSSR count). The largest absolute Gasteiger partial charge is 0.293 e. The van der Waals surface area contributed by atoms with Gasteiger partial charge in [-0.2, -0.15) is 0 Å². The number of allylic oxidation sites excluding steroid dienone is 2. The molecular formula is C21H19NOS2. The Hall–Kier alpha value is -2.17. The molecule has 0 aliphatic carbocycles. The van der Waals surface area contributed by atoms with Crippen molar-refractivity contribution >= 4 is 40.3 Å². The van der Waals surface area contributed by atoms with Gasteiger partial charge in [0.25, 0.3) is 5.91 Å². The smallest absolute Gasteiger partial charge is 0.266 e. The number of thioether (sulfide) groups is 1. The Bertz CT molecular complexity index is 797. The summed E-state index contributed by atoms with van der Waals surface area (Å²) in [5.41, 5.74) is 2.39. The lowest BCUT2D eigenvalue weighted by Crippen LogP contribution is -2.29. The zero-order valence-corrected chi connectivity index (χ0v) is 15.4. The van der Waals surface area contributed by atoms with E-state index in [0.717, 1.165) is 18.4 Å². The molecule has 1 amide bonds. The fourth-order valence-corrected chi connectivity index (χ4v) is 3.86. The molecule has 2 aromatic rings. The van der Waals surface area contributed by atoms with Gasteiger partial charge in [0, 0.05) is 6.54 Å². The first kappa shape index (κ1) is 17.6. The van der Waals surface area contributed by atoms with Crippen molar-refractivity contribution in [2.75, 3.05) is 6.54 Å². The van der Waals surface area contributed by atoms with E-state index in [0.29, 0.717) is 15.8 Å². The second kappa shape index (κ2) is 8.79. The van der Waals surface area contributed by atoms with Crippen molar-refractivity contribution in [1.29, 1.82) is 0 Å². The quantitative estimate of drug-likeness (QED) is 0.526. The normalized spacial score (nSPS) is 16.3. The Labute approximate surface area is 158 Å². The van der Waals surface area contributed by atoms with Gasteiger partial charge in [0.2, 0.25) is 0 Å². The van der Waals surface area contributed by atoms with Crippen LogP contribution in [0.3, 0.4) is 0 Å². The average Bonchev–Trinajstić information content (AvgIpc) is 2.91. The molecule has 0 unspecified atom stereocenters. The van der Waals surface area contributed by atoms with Crippen LogP contribution in [0.1, 0.15) is 17.5 Å². The van der Waals surface area contributed by atoms with Crippen molar-refractivity contribution in [2.24, 2.45) is 0 Å². The van der Waals surface area contributed by atoms with Crippen LogP contribution in [-0.4, -0.2) is 21.7 Å². The van der Waals surface area contributed by atoms with E-state index in [1.54, 1.807) is 4.90 Å². The first-order valence-electron chi connectivity index (χ1n) is 8.25. The Kier molecular flexibility index (Phi) is 6.20. The number of aryl methyl sites for hydroxylation is 1. The third-order valence-corrected chi connectivity index (χ3v) is 5.30. The van der Waals surface area contributed by atoms with Crippen LogP contribution in [0.5, 0.6) is 0 Å². The lowest BCUT2D eigenvalue weighted by molar-refractivity contribution is -0.122. The second-order valence-electron chi connectivity index (χ2n) is 5.71. The first-order valence-corrected chi connectivity index (χ1v) is 9.47. The van der Waals surface area contributed by atoms with Gasteiger partial charge in [0.1, 0.15) is 4.32 Å². The summed E-state index contributed by atoms with van der Waals surface area (Å²) in [5, 5.41) is 0. The number of carbonyl (C=O) groups excluding carboxylic acids is 1. The molecule has 1 aliphatic heterocycles. The number of hydrogen-bond acceptors (Lipinski definition) is 3. The topological polar surface area (TPSA) is 20.3 Å². The maximum absolute atomic E-state index is 12.5. The van der Waals surface area contributed by atoms with Gasteiger partial charge in [-0.15, -0.1) is 0 Å². The highest BCUT2D eigenvalue weighted by atomic mass is 32.2. The number of hydrogen-bond donors (Lipinski definition) is 0. The predicted molar refractivity (Wildman–Crippen MR) is 110 cm³/mol. The molecule has 0 radical (unpaired) electrons. The highest BCUT2D eigenvalue weighted by Crippen LogP contribution is 2.31. The van der Waals surface area contributed by atoms with Crippen LogP contribution in [0.2, 0.25) is 0 Å². The second-order valence-corrected chi connectivity index (χ2v) is 7.39. The van der Waals surface area contributed by atoms with Crippen molar-refractivity contribution in [3.8, 4) is 0 Å². The minimum Gasteiger partial charge on any atom is -0.293 e. The SMILES string of the molecule is O=C1/C(=C\C=C\c2ccccc2)SC(=S)N1CCCc1ccccc1. The van der Waals surface area contributed by atoms with Crippen LogP contribution < -0.4 is 0 Å². The van der Waals surface area contributed by atoms with E-state index >= 15 is 0 Å². The van der Waals surface area contributed by atoms with Crippen LogP contribution in [0.15, 0.2) is 77.7 Å². The summed E-state index contributed by atoms with van der Waals surface area (Å²) in [5.74, 6) is 0.0146. The Morgan fingerprint density at radius 3 is 2.40 bits per heavy atom. The van der Waals surface area contributed by atoms with Crippen molar-refractivity contribution < 1.29 is 4.79 Å². The zero-order chi connectivity index (χ0) is 17.5. The van der Waals surface area contributed by atoms with Crippen molar-refractivity contribution in [2.45, 2.75) is 12.8 Å². The lowest BCUT2D eigenvalue weighted by atomic mass is 10.1. The van der Waals surface area contributed by atoms with Crippen molar-refractivity contribution in [3.05, 3.63) is 88.8 Å². The molecule has 0 atom stereocenters. The number of carbonyl (C=O) groups is 1. The highest BCUT2D eigenvalue weighted by Gasteiger charge is 2.30. The summed E-state index contributed by atoms with van der Waals surface area (Å²) in [7, 11) is 0. The molecule has 0 N–H and O–H groups in total. The van der Waals surface area contributed by atoms with Gasteiger partial charge in [-0.3, -0.25) is 9.69 Å². The van der Waals surface area contributed by atoms with Crippen LogP contribution in [0.4, 0.5) is 0 Å². The number of benzene rings is 2. The molecule has 0 saturated carbocycles. The van der Waals surface area contributed by atoms with E-state index < -0.39 is 0 Å². The molecule has 25 heavy (non-hydrogen) atoms. The Morgan fingerprint density at radius 1 is 1.00 bits per heavy atom. The molecule has 1 fully saturated rings. The van der Waals surface area contributed by atoms with E-state index in [2.05, 4.69) is 12.1 Å². The van der Waals surface area contributed by atoms with E-state index in [1.807, 2.05) is 66.8 Å². The highest BCUT2D eigenvalue weighted by molar-refractivity contribution is 8.26. The summed E-state index contributed by atoms with van der Waals surface area (Å²) in [4.78, 5) is 14.9. The monoisotopic (exact) mass is 365 g/mol. The van der Waals surface area contributed by atoms with E-state index in [4.69, 9.17) is 12.2 Å². The van der Waals surface area contributed by atoms with Gasteiger partial charge in [0.05, 0.1) is 4.91 Å². The molecule has 1 heterocycles. The third-order valence-electron chi connectivity index (χ3n) is 3.90. The third kappa shape index (κ3) is 4.91. The fourth-order valence-electron chi connectivity index (χ4n) is 2.60. The summed E-state index contributed by atoms with van der Waals surface area (Å²) < 4.78 is 0.650. The number of thiocarbonyl (C=S) groups is 1. The predicted octanol–water partition coefficient (Wildman–Crippen LogP) is 5.08. The molecular weight excluding hydrogens is 346 g/mol. The summed E-state index contributed by atoms with van der Waals surface area (Å²) in [6.07, 6.45) is 7.60. The first-order chi connectivity index (χ1) is 12.2. The summed E-state index contributed by atoms with van der Waals surface area (Å²) in [6, 6.07) is 20.3. The molecule has 126 valence electrons. The molecule has 0 bridgehead atoms. The Morgan fingerprint density at radius 2 is 1.68 bits per heavy atom. The minimum atomic E-state index is 0.0146. The van der Waals surface area contributed by atoms with Crippen LogP contribution >= 0.6 is 24.0 Å². The van der Waals surface area contributed by atoms with Gasteiger partial charge >= 0.3 is 0 Å².